The first-order chi connectivity index (χ1) is 19.4. The minimum Gasteiger partial charge on any atom is -0.481 e. The molecule has 1 atom stereocenters. The Morgan fingerprint density at radius 3 is 2.60 bits per heavy atom. The van der Waals surface area contributed by atoms with Gasteiger partial charge in [-0.2, -0.15) is 0 Å². The molecule has 1 saturated heterocycles. The van der Waals surface area contributed by atoms with Gasteiger partial charge in [0.05, 0.1) is 28.7 Å². The van der Waals surface area contributed by atoms with Crippen molar-refractivity contribution >= 4 is 46.4 Å². The number of carbonyl (C=O) groups is 4. The van der Waals surface area contributed by atoms with Gasteiger partial charge in [-0.3, -0.25) is 24.2 Å². The highest BCUT2D eigenvalue weighted by Gasteiger charge is 2.31. The SMILES string of the molecule is O=C(O)CC(NC(=O)c1ccc(N2CCCN(C(=O)c3cccs3)CC2)c(NC(=O)C2CC2)c1)c1cccnc1. The van der Waals surface area contributed by atoms with Crippen molar-refractivity contribution in [2.24, 2.45) is 5.92 Å². The van der Waals surface area contributed by atoms with Crippen LogP contribution in [-0.2, 0) is 9.59 Å². The van der Waals surface area contributed by atoms with Crippen LogP contribution in [0.1, 0.15) is 57.3 Å². The van der Waals surface area contributed by atoms with Gasteiger partial charge in [-0.1, -0.05) is 12.1 Å². The lowest BCUT2D eigenvalue weighted by Crippen LogP contribution is -2.35. The average molecular weight is 562 g/mol. The van der Waals surface area contributed by atoms with Crippen LogP contribution in [0.15, 0.2) is 60.2 Å². The molecular formula is C29H31N5O5S. The summed E-state index contributed by atoms with van der Waals surface area (Å²) in [6.07, 6.45) is 5.26. The van der Waals surface area contributed by atoms with E-state index in [9.17, 15) is 24.3 Å². The number of carbonyl (C=O) groups excluding carboxylic acids is 3. The van der Waals surface area contributed by atoms with Gasteiger partial charge in [-0.05, 0) is 60.5 Å². The van der Waals surface area contributed by atoms with Gasteiger partial charge >= 0.3 is 5.97 Å². The van der Waals surface area contributed by atoms with Gasteiger partial charge < -0.3 is 25.5 Å². The lowest BCUT2D eigenvalue weighted by atomic mass is 10.0. The number of aromatic nitrogens is 1. The average Bonchev–Trinajstić information content (AvgIpc) is 3.72. The number of carboxylic acids is 1. The highest BCUT2D eigenvalue weighted by atomic mass is 32.1. The van der Waals surface area contributed by atoms with Crippen LogP contribution in [0.5, 0.6) is 0 Å². The van der Waals surface area contributed by atoms with E-state index in [4.69, 9.17) is 0 Å². The number of aliphatic carboxylic acids is 1. The van der Waals surface area contributed by atoms with E-state index < -0.39 is 17.9 Å². The summed E-state index contributed by atoms with van der Waals surface area (Å²) in [4.78, 5) is 59.2. The standard InChI is InChI=1S/C29H31N5O5S/c35-26(36)17-22(21-4-1-10-30-18-21)31-28(38)20-8-9-24(23(16-20)32-27(37)19-6-7-19)33-11-3-12-34(14-13-33)29(39)25-5-2-15-40-25/h1-2,4-5,8-10,15-16,18-19,22H,3,6-7,11-14,17H2,(H,31,38)(H,32,37)(H,35,36). The van der Waals surface area contributed by atoms with E-state index in [-0.39, 0.29) is 24.2 Å². The van der Waals surface area contributed by atoms with Crippen LogP contribution in [0, 0.1) is 5.92 Å². The maximum Gasteiger partial charge on any atom is 0.305 e. The number of anilines is 2. The van der Waals surface area contributed by atoms with E-state index in [0.29, 0.717) is 47.9 Å². The lowest BCUT2D eigenvalue weighted by Gasteiger charge is -2.26. The summed E-state index contributed by atoms with van der Waals surface area (Å²) in [6.45, 7) is 2.44. The van der Waals surface area contributed by atoms with E-state index >= 15 is 0 Å². The molecular weight excluding hydrogens is 530 g/mol. The predicted octanol–water partition coefficient (Wildman–Crippen LogP) is 3.79. The number of thiophene rings is 1. The van der Waals surface area contributed by atoms with E-state index in [1.165, 1.54) is 17.5 Å². The quantitative estimate of drug-likeness (QED) is 0.362. The number of nitrogens with one attached hydrogen (secondary N) is 2. The second-order valence-electron chi connectivity index (χ2n) is 10.0. The zero-order chi connectivity index (χ0) is 28.1. The van der Waals surface area contributed by atoms with Gasteiger partial charge in [0.15, 0.2) is 0 Å². The topological polar surface area (TPSA) is 132 Å². The molecule has 3 aromatic rings. The van der Waals surface area contributed by atoms with E-state index in [0.717, 1.165) is 24.9 Å². The Balaban J connectivity index is 1.36. The molecule has 1 saturated carbocycles. The van der Waals surface area contributed by atoms with Crippen molar-refractivity contribution in [2.45, 2.75) is 31.7 Å². The van der Waals surface area contributed by atoms with Crippen LogP contribution >= 0.6 is 11.3 Å². The molecule has 1 aliphatic heterocycles. The fraction of sp³-hybridized carbons (Fsp3) is 0.345. The molecule has 40 heavy (non-hydrogen) atoms. The fourth-order valence-corrected chi connectivity index (χ4v) is 5.49. The first kappa shape index (κ1) is 27.3. The molecule has 208 valence electrons. The number of pyridine rings is 1. The first-order valence-corrected chi connectivity index (χ1v) is 14.2. The van der Waals surface area contributed by atoms with E-state index in [2.05, 4.69) is 20.5 Å². The van der Waals surface area contributed by atoms with Crippen LogP contribution in [0.25, 0.3) is 0 Å². The molecule has 10 nitrogen and oxygen atoms in total. The summed E-state index contributed by atoms with van der Waals surface area (Å²) >= 11 is 1.43. The molecule has 2 aromatic heterocycles. The van der Waals surface area contributed by atoms with Gasteiger partial charge in [0, 0.05) is 50.1 Å². The number of amides is 3. The van der Waals surface area contributed by atoms with Gasteiger partial charge in [0.25, 0.3) is 11.8 Å². The molecule has 1 aromatic carbocycles. The first-order valence-electron chi connectivity index (χ1n) is 13.3. The zero-order valence-electron chi connectivity index (χ0n) is 21.9. The van der Waals surface area contributed by atoms with Gasteiger partial charge in [0.1, 0.15) is 0 Å². The lowest BCUT2D eigenvalue weighted by molar-refractivity contribution is -0.137. The Bertz CT molecular complexity index is 1380. The molecule has 11 heteroatoms. The summed E-state index contributed by atoms with van der Waals surface area (Å²) in [5.74, 6) is -1.58. The van der Waals surface area contributed by atoms with Crippen molar-refractivity contribution in [3.05, 3.63) is 76.2 Å². The minimum atomic E-state index is -1.05. The maximum absolute atomic E-state index is 13.3. The van der Waals surface area contributed by atoms with Crippen LogP contribution in [0.2, 0.25) is 0 Å². The summed E-state index contributed by atoms with van der Waals surface area (Å²) in [6, 6.07) is 11.5. The molecule has 1 unspecified atom stereocenters. The van der Waals surface area contributed by atoms with Gasteiger partial charge in [0.2, 0.25) is 5.91 Å². The molecule has 0 spiro atoms. The largest absolute Gasteiger partial charge is 0.481 e. The summed E-state index contributed by atoms with van der Waals surface area (Å²) in [5, 5.41) is 17.1. The summed E-state index contributed by atoms with van der Waals surface area (Å²) < 4.78 is 0. The fourth-order valence-electron chi connectivity index (χ4n) is 4.80. The van der Waals surface area contributed by atoms with Gasteiger partial charge in [-0.25, -0.2) is 0 Å². The molecule has 3 N–H and O–H groups in total. The Kier molecular flexibility index (Phi) is 8.40. The Hall–Kier alpha value is -4.25. The third-order valence-corrected chi connectivity index (χ3v) is 7.95. The minimum absolute atomic E-state index is 0.0238. The molecule has 2 aliphatic rings. The van der Waals surface area contributed by atoms with Gasteiger partial charge in [-0.15, -0.1) is 11.3 Å². The second kappa shape index (κ2) is 12.3. The van der Waals surface area contributed by atoms with Crippen molar-refractivity contribution in [2.75, 3.05) is 36.4 Å². The van der Waals surface area contributed by atoms with Crippen LogP contribution in [0.4, 0.5) is 11.4 Å². The zero-order valence-corrected chi connectivity index (χ0v) is 22.7. The van der Waals surface area contributed by atoms with Crippen LogP contribution in [-0.4, -0.2) is 64.9 Å². The second-order valence-corrected chi connectivity index (χ2v) is 11.0. The van der Waals surface area contributed by atoms with Crippen molar-refractivity contribution in [3.63, 3.8) is 0 Å². The number of nitrogens with zero attached hydrogens (tertiary/aromatic N) is 3. The number of carboxylic acid groups (broad SMARTS) is 1. The molecule has 1 aliphatic carbocycles. The number of hydrogen-bond donors (Lipinski definition) is 3. The molecule has 3 heterocycles. The Labute approximate surface area is 236 Å². The monoisotopic (exact) mass is 561 g/mol. The van der Waals surface area contributed by atoms with E-state index in [1.54, 1.807) is 30.5 Å². The number of hydrogen-bond acceptors (Lipinski definition) is 7. The number of rotatable bonds is 9. The Morgan fingerprint density at radius 2 is 1.90 bits per heavy atom. The molecule has 3 amide bonds. The molecule has 0 radical (unpaired) electrons. The highest BCUT2D eigenvalue weighted by molar-refractivity contribution is 7.12. The predicted molar refractivity (Wildman–Crippen MR) is 152 cm³/mol. The molecule has 0 bridgehead atoms. The summed E-state index contributed by atoms with van der Waals surface area (Å²) in [5.41, 5.74) is 2.20. The molecule has 5 rings (SSSR count). The van der Waals surface area contributed by atoms with Crippen molar-refractivity contribution in [3.8, 4) is 0 Å². The van der Waals surface area contributed by atoms with Crippen LogP contribution < -0.4 is 15.5 Å². The highest BCUT2D eigenvalue weighted by Crippen LogP contribution is 2.34. The normalized spacial score (nSPS) is 16.1. The van der Waals surface area contributed by atoms with Crippen molar-refractivity contribution in [1.82, 2.24) is 15.2 Å². The molecule has 2 fully saturated rings. The van der Waals surface area contributed by atoms with Crippen molar-refractivity contribution in [1.29, 1.82) is 0 Å². The third kappa shape index (κ3) is 6.66. The van der Waals surface area contributed by atoms with E-state index in [1.807, 2.05) is 28.5 Å². The third-order valence-electron chi connectivity index (χ3n) is 7.09. The summed E-state index contributed by atoms with van der Waals surface area (Å²) in [7, 11) is 0. The Morgan fingerprint density at radius 1 is 1.05 bits per heavy atom. The van der Waals surface area contributed by atoms with Crippen LogP contribution in [0.3, 0.4) is 0 Å². The van der Waals surface area contributed by atoms with Crippen molar-refractivity contribution < 1.29 is 24.3 Å². The smallest absolute Gasteiger partial charge is 0.305 e. The maximum atomic E-state index is 13.3. The number of benzene rings is 1.